The van der Waals surface area contributed by atoms with Crippen molar-refractivity contribution >= 4 is 57.6 Å². The smallest absolute Gasteiger partial charge is 0.272 e. The van der Waals surface area contributed by atoms with Gasteiger partial charge in [0.1, 0.15) is 22.5 Å². The van der Waals surface area contributed by atoms with Crippen molar-refractivity contribution in [3.05, 3.63) is 99.6 Å². The van der Waals surface area contributed by atoms with Crippen LogP contribution in [0.3, 0.4) is 0 Å². The highest BCUT2D eigenvalue weighted by molar-refractivity contribution is 8.00. The van der Waals surface area contributed by atoms with Crippen LogP contribution in [0.4, 0.5) is 10.7 Å². The Kier molecular flexibility index (Phi) is 11.8. The highest BCUT2D eigenvalue weighted by Gasteiger charge is 2.26. The number of benzene rings is 3. The average molecular weight is 711 g/mol. The molecule has 50 heavy (non-hydrogen) atoms. The quantitative estimate of drug-likeness (QED) is 0.103. The van der Waals surface area contributed by atoms with Gasteiger partial charge in [-0.1, -0.05) is 31.2 Å². The first-order valence-corrected chi connectivity index (χ1v) is 17.6. The number of carbonyl (C=O) groups excluding carboxylic acids is 3. The van der Waals surface area contributed by atoms with E-state index < -0.39 is 17.1 Å². The third kappa shape index (κ3) is 8.48. The summed E-state index contributed by atoms with van der Waals surface area (Å²) in [6.45, 7) is 4.00. The first-order chi connectivity index (χ1) is 24.1. The minimum absolute atomic E-state index is 0.0449. The number of carbonyl (C=O) groups is 3. The van der Waals surface area contributed by atoms with Crippen LogP contribution < -0.4 is 30.2 Å². The summed E-state index contributed by atoms with van der Waals surface area (Å²) in [6.07, 6.45) is 4.30. The van der Waals surface area contributed by atoms with Crippen LogP contribution in [0.2, 0.25) is 0 Å². The Bertz CT molecular complexity index is 1970. The molecule has 1 aliphatic rings. The van der Waals surface area contributed by atoms with Crippen molar-refractivity contribution < 1.29 is 28.6 Å². The van der Waals surface area contributed by atoms with Crippen LogP contribution >= 0.6 is 23.1 Å². The number of amides is 3. The molecule has 10 nitrogen and oxygen atoms in total. The molecule has 1 heterocycles. The molecule has 0 fully saturated rings. The fourth-order valence-electron chi connectivity index (χ4n) is 5.54. The van der Waals surface area contributed by atoms with Gasteiger partial charge in [-0.3, -0.25) is 14.4 Å². The summed E-state index contributed by atoms with van der Waals surface area (Å²) < 4.78 is 16.4. The van der Waals surface area contributed by atoms with Gasteiger partial charge in [0.15, 0.2) is 11.5 Å². The van der Waals surface area contributed by atoms with Gasteiger partial charge in [0.25, 0.3) is 11.8 Å². The summed E-state index contributed by atoms with van der Waals surface area (Å²) in [7, 11) is 4.49. The lowest BCUT2D eigenvalue weighted by Crippen LogP contribution is -2.30. The van der Waals surface area contributed by atoms with Crippen molar-refractivity contribution in [1.29, 1.82) is 5.26 Å². The highest BCUT2D eigenvalue weighted by Crippen LogP contribution is 2.40. The lowest BCUT2D eigenvalue weighted by atomic mass is 9.89. The van der Waals surface area contributed by atoms with E-state index in [9.17, 15) is 19.6 Å². The zero-order chi connectivity index (χ0) is 35.8. The van der Waals surface area contributed by atoms with E-state index in [1.165, 1.54) is 55.4 Å². The molecule has 3 aromatic carbocycles. The molecule has 3 amide bonds. The molecular weight excluding hydrogens is 673 g/mol. The SMILES string of the molecule is COc1cc(OC)c(OC)cc1/C=C(/NC(=O)c1ccccc1)C(=O)Nc1cccc(SC(C)C(=O)Nc2sc3c(c2C#N)CCC(C)C3)c1. The summed E-state index contributed by atoms with van der Waals surface area (Å²) in [5.74, 6) is 0.521. The monoisotopic (exact) mass is 710 g/mol. The number of nitriles is 1. The number of methoxy groups -OCH3 is 3. The molecule has 0 radical (unpaired) electrons. The lowest BCUT2D eigenvalue weighted by molar-refractivity contribution is -0.115. The predicted molar refractivity (Wildman–Crippen MR) is 197 cm³/mol. The Balaban J connectivity index is 1.35. The molecule has 3 N–H and O–H groups in total. The minimum Gasteiger partial charge on any atom is -0.496 e. The van der Waals surface area contributed by atoms with Gasteiger partial charge in [-0.05, 0) is 80.1 Å². The van der Waals surface area contributed by atoms with Crippen molar-refractivity contribution in [2.75, 3.05) is 32.0 Å². The van der Waals surface area contributed by atoms with E-state index >= 15 is 0 Å². The molecule has 2 unspecified atom stereocenters. The average Bonchev–Trinajstić information content (AvgIpc) is 3.46. The molecule has 0 saturated carbocycles. The normalized spacial score (nSPS) is 14.4. The van der Waals surface area contributed by atoms with E-state index in [0.29, 0.717) is 50.5 Å². The maximum absolute atomic E-state index is 13.8. The molecule has 0 bridgehead atoms. The first-order valence-electron chi connectivity index (χ1n) is 16.0. The molecule has 0 spiro atoms. The highest BCUT2D eigenvalue weighted by atomic mass is 32.2. The second-order valence-corrected chi connectivity index (χ2v) is 14.2. The molecular formula is C38H38N4O6S2. The van der Waals surface area contributed by atoms with Crippen LogP contribution in [0.1, 0.15) is 52.2 Å². The fraction of sp³-hybridized carbons (Fsp3) is 0.263. The second kappa shape index (κ2) is 16.4. The first kappa shape index (κ1) is 36.0. The maximum atomic E-state index is 13.8. The van der Waals surface area contributed by atoms with Crippen LogP contribution in [0.5, 0.6) is 17.2 Å². The molecule has 12 heteroatoms. The summed E-state index contributed by atoms with van der Waals surface area (Å²) in [6, 6.07) is 21.2. The van der Waals surface area contributed by atoms with Crippen molar-refractivity contribution in [2.24, 2.45) is 5.92 Å². The molecule has 1 aromatic heterocycles. The predicted octanol–water partition coefficient (Wildman–Crippen LogP) is 7.30. The van der Waals surface area contributed by atoms with E-state index in [0.717, 1.165) is 29.7 Å². The molecule has 258 valence electrons. The van der Waals surface area contributed by atoms with Gasteiger partial charge < -0.3 is 30.2 Å². The Morgan fingerprint density at radius 1 is 0.960 bits per heavy atom. The molecule has 1 aliphatic carbocycles. The molecule has 2 atom stereocenters. The number of thioether (sulfide) groups is 1. The topological polar surface area (TPSA) is 139 Å². The summed E-state index contributed by atoms with van der Waals surface area (Å²) in [4.78, 5) is 42.2. The molecule has 4 aromatic rings. The Hall–Kier alpha value is -5.25. The van der Waals surface area contributed by atoms with E-state index in [-0.39, 0.29) is 11.6 Å². The van der Waals surface area contributed by atoms with Crippen molar-refractivity contribution in [2.45, 2.75) is 43.3 Å². The lowest BCUT2D eigenvalue weighted by Gasteiger charge is -2.17. The van der Waals surface area contributed by atoms with Gasteiger partial charge in [-0.2, -0.15) is 5.26 Å². The van der Waals surface area contributed by atoms with Crippen LogP contribution in [-0.4, -0.2) is 44.3 Å². The van der Waals surface area contributed by atoms with Gasteiger partial charge in [0.05, 0.1) is 32.1 Å². The van der Waals surface area contributed by atoms with Gasteiger partial charge in [0, 0.05) is 32.7 Å². The molecule has 5 rings (SSSR count). The van der Waals surface area contributed by atoms with Crippen molar-refractivity contribution in [1.82, 2.24) is 5.32 Å². The van der Waals surface area contributed by atoms with Crippen LogP contribution in [0.25, 0.3) is 6.08 Å². The Labute approximate surface area is 299 Å². The van der Waals surface area contributed by atoms with Gasteiger partial charge in [-0.25, -0.2) is 0 Å². The van der Waals surface area contributed by atoms with Crippen LogP contribution in [-0.2, 0) is 22.4 Å². The third-order valence-corrected chi connectivity index (χ3v) is 10.5. The minimum atomic E-state index is -0.584. The van der Waals surface area contributed by atoms with E-state index in [1.54, 1.807) is 67.6 Å². The number of ether oxygens (including phenoxy) is 3. The maximum Gasteiger partial charge on any atom is 0.272 e. The van der Waals surface area contributed by atoms with Gasteiger partial charge >= 0.3 is 0 Å². The number of thiophene rings is 1. The second-order valence-electron chi connectivity index (χ2n) is 11.7. The van der Waals surface area contributed by atoms with E-state index in [2.05, 4.69) is 28.9 Å². The summed E-state index contributed by atoms with van der Waals surface area (Å²) in [5.41, 5.74) is 2.88. The van der Waals surface area contributed by atoms with E-state index in [1.807, 2.05) is 6.07 Å². The number of nitrogens with one attached hydrogen (secondary N) is 3. The number of hydrogen-bond acceptors (Lipinski definition) is 9. The van der Waals surface area contributed by atoms with Gasteiger partial charge in [-0.15, -0.1) is 23.1 Å². The zero-order valence-corrected chi connectivity index (χ0v) is 30.1. The number of fused-ring (bicyclic) bond motifs is 1. The fourth-order valence-corrected chi connectivity index (χ4v) is 7.83. The van der Waals surface area contributed by atoms with Crippen LogP contribution in [0, 0.1) is 17.2 Å². The van der Waals surface area contributed by atoms with E-state index in [4.69, 9.17) is 14.2 Å². The number of nitrogens with zero attached hydrogens (tertiary/aromatic N) is 1. The van der Waals surface area contributed by atoms with Crippen molar-refractivity contribution in [3.8, 4) is 23.3 Å². The largest absolute Gasteiger partial charge is 0.496 e. The Morgan fingerprint density at radius 3 is 2.38 bits per heavy atom. The molecule has 0 saturated heterocycles. The standard InChI is InChI=1S/C38H38N4O6S2/c1-22-14-15-28-29(21-39)38(50-34(28)16-22)42-35(43)23(2)49-27-13-9-12-26(19-27)40-37(45)30(41-36(44)24-10-7-6-8-11-24)17-25-18-32(47-4)33(48-5)20-31(25)46-3/h6-13,17-20,22-23H,14-16H2,1-5H3,(H,40,45)(H,41,44)(H,42,43)/b30-17+. The summed E-state index contributed by atoms with van der Waals surface area (Å²) >= 11 is 2.82. The van der Waals surface area contributed by atoms with Gasteiger partial charge in [0.2, 0.25) is 5.91 Å². The molecule has 0 aliphatic heterocycles. The number of anilines is 2. The Morgan fingerprint density at radius 2 is 1.68 bits per heavy atom. The number of rotatable bonds is 12. The van der Waals surface area contributed by atoms with Crippen LogP contribution in [0.15, 0.2) is 77.3 Å². The third-order valence-electron chi connectivity index (χ3n) is 8.20. The zero-order valence-electron chi connectivity index (χ0n) is 28.4. The number of hydrogen-bond donors (Lipinski definition) is 3. The van der Waals surface area contributed by atoms with Crippen molar-refractivity contribution in [3.63, 3.8) is 0 Å². The summed E-state index contributed by atoms with van der Waals surface area (Å²) in [5, 5.41) is 18.5.